The molecule has 2 N–H and O–H groups in total. The average Bonchev–Trinajstić information content (AvgIpc) is 2.82. The van der Waals surface area contributed by atoms with Crippen LogP contribution in [0.1, 0.15) is 12.5 Å². The van der Waals surface area contributed by atoms with E-state index in [2.05, 4.69) is 10.3 Å². The second-order valence-corrected chi connectivity index (χ2v) is 7.35. The van der Waals surface area contributed by atoms with Gasteiger partial charge in [0.1, 0.15) is 35.6 Å². The molecule has 8 heteroatoms. The number of para-hydroxylation sites is 1. The van der Waals surface area contributed by atoms with Crippen molar-refractivity contribution in [3.05, 3.63) is 77.9 Å². The number of halogens is 2. The van der Waals surface area contributed by atoms with Crippen LogP contribution in [0.5, 0.6) is 5.75 Å². The molecule has 4 rings (SSSR count). The predicted octanol–water partition coefficient (Wildman–Crippen LogP) is 5.61. The predicted molar refractivity (Wildman–Crippen MR) is 125 cm³/mol. The number of fused-ring (bicyclic) bond motifs is 1. The van der Waals surface area contributed by atoms with Crippen molar-refractivity contribution in [3.63, 3.8) is 0 Å². The van der Waals surface area contributed by atoms with E-state index in [4.69, 9.17) is 9.84 Å². The van der Waals surface area contributed by atoms with Crippen LogP contribution in [0.2, 0.25) is 0 Å². The number of hydrogen-bond acceptors (Lipinski definition) is 5. The number of carbonyl (C=O) groups is 1. The van der Waals surface area contributed by atoms with E-state index in [-0.39, 0.29) is 22.3 Å². The van der Waals surface area contributed by atoms with Crippen molar-refractivity contribution in [2.75, 3.05) is 18.5 Å². The van der Waals surface area contributed by atoms with Gasteiger partial charge in [0.2, 0.25) is 0 Å². The molecule has 3 aromatic carbocycles. The number of nitrogens with zero attached hydrogens (tertiary/aromatic N) is 2. The molecule has 6 nitrogen and oxygen atoms in total. The Hall–Kier alpha value is -4.51. The van der Waals surface area contributed by atoms with Crippen LogP contribution < -0.4 is 10.1 Å². The number of hydrogen-bond donors (Lipinski definition) is 2. The number of carboxylic acid groups (broad SMARTS) is 1. The Morgan fingerprint density at radius 2 is 1.91 bits per heavy atom. The zero-order valence-electron chi connectivity index (χ0n) is 18.1. The maximum atomic E-state index is 15.3. The van der Waals surface area contributed by atoms with Crippen LogP contribution in [0.3, 0.4) is 0 Å². The fourth-order valence-electron chi connectivity index (χ4n) is 3.75. The summed E-state index contributed by atoms with van der Waals surface area (Å²) in [4.78, 5) is 15.6. The summed E-state index contributed by atoms with van der Waals surface area (Å²) < 4.78 is 34.8. The number of nitrogens with one attached hydrogen (secondary N) is 1. The monoisotopic (exact) mass is 459 g/mol. The molecule has 1 heterocycles. The molecule has 0 aliphatic rings. The van der Waals surface area contributed by atoms with Gasteiger partial charge < -0.3 is 15.2 Å². The van der Waals surface area contributed by atoms with Crippen molar-refractivity contribution in [1.82, 2.24) is 4.98 Å². The number of carboxylic acids is 1. The minimum absolute atomic E-state index is 0.0128. The number of benzene rings is 3. The summed E-state index contributed by atoms with van der Waals surface area (Å²) in [7, 11) is 0. The van der Waals surface area contributed by atoms with E-state index in [0.717, 1.165) is 0 Å². The molecule has 0 fully saturated rings. The van der Waals surface area contributed by atoms with Gasteiger partial charge in [-0.1, -0.05) is 30.3 Å². The van der Waals surface area contributed by atoms with Gasteiger partial charge in [0, 0.05) is 22.1 Å². The van der Waals surface area contributed by atoms with Crippen molar-refractivity contribution in [2.45, 2.75) is 6.92 Å². The Morgan fingerprint density at radius 1 is 1.12 bits per heavy atom. The van der Waals surface area contributed by atoms with Crippen LogP contribution in [0.15, 0.2) is 60.7 Å². The normalized spacial score (nSPS) is 10.6. The standard InChI is InChI=1S/C26H19F2N3O3/c1-2-34-23-6-4-3-5-18(23)17-9-7-15(11-21(17)28)25-20(13-29)26(30-14-24(32)33)19-12-16(27)8-10-22(19)31-25/h3-12H,2,14H2,1H3,(H,30,31)(H,32,33). The van der Waals surface area contributed by atoms with Gasteiger partial charge in [0.05, 0.1) is 23.5 Å². The summed E-state index contributed by atoms with van der Waals surface area (Å²) in [6.45, 7) is 1.77. The second kappa shape index (κ2) is 9.55. The SMILES string of the molecule is CCOc1ccccc1-c1ccc(-c2nc3ccc(F)cc3c(NCC(=O)O)c2C#N)cc1F. The van der Waals surface area contributed by atoms with Crippen LogP contribution in [0.4, 0.5) is 14.5 Å². The molecule has 4 aromatic rings. The zero-order chi connectivity index (χ0) is 24.2. The minimum atomic E-state index is -1.16. The molecule has 0 saturated heterocycles. The first-order chi connectivity index (χ1) is 16.4. The lowest BCUT2D eigenvalue weighted by Crippen LogP contribution is -2.14. The van der Waals surface area contributed by atoms with Crippen LogP contribution in [-0.2, 0) is 4.79 Å². The van der Waals surface area contributed by atoms with Gasteiger partial charge in [-0.2, -0.15) is 5.26 Å². The van der Waals surface area contributed by atoms with E-state index in [1.807, 2.05) is 13.0 Å². The molecular formula is C26H19F2N3O3. The van der Waals surface area contributed by atoms with Gasteiger partial charge in [-0.3, -0.25) is 4.79 Å². The van der Waals surface area contributed by atoms with Gasteiger partial charge in [0.25, 0.3) is 0 Å². The van der Waals surface area contributed by atoms with E-state index in [1.54, 1.807) is 36.4 Å². The van der Waals surface area contributed by atoms with Crippen LogP contribution in [-0.4, -0.2) is 29.2 Å². The van der Waals surface area contributed by atoms with Crippen molar-refractivity contribution in [1.29, 1.82) is 5.26 Å². The maximum Gasteiger partial charge on any atom is 0.322 e. The highest BCUT2D eigenvalue weighted by Crippen LogP contribution is 2.37. The number of aromatic nitrogens is 1. The summed E-state index contributed by atoms with van der Waals surface area (Å²) in [5, 5.41) is 21.9. The lowest BCUT2D eigenvalue weighted by atomic mass is 9.97. The first kappa shape index (κ1) is 22.7. The van der Waals surface area contributed by atoms with Crippen LogP contribution >= 0.6 is 0 Å². The lowest BCUT2D eigenvalue weighted by molar-refractivity contribution is -0.134. The molecule has 0 spiro atoms. The topological polar surface area (TPSA) is 95.2 Å². The largest absolute Gasteiger partial charge is 0.493 e. The third kappa shape index (κ3) is 4.36. The van der Waals surface area contributed by atoms with E-state index >= 15 is 4.39 Å². The molecule has 1 aromatic heterocycles. The highest BCUT2D eigenvalue weighted by atomic mass is 19.1. The average molecular weight is 459 g/mol. The summed E-state index contributed by atoms with van der Waals surface area (Å²) in [5.74, 6) is -1.72. The van der Waals surface area contributed by atoms with Crippen molar-refractivity contribution < 1.29 is 23.4 Å². The van der Waals surface area contributed by atoms with E-state index in [0.29, 0.717) is 34.6 Å². The van der Waals surface area contributed by atoms with E-state index in [9.17, 15) is 14.4 Å². The number of rotatable bonds is 7. The third-order valence-electron chi connectivity index (χ3n) is 5.19. The van der Waals surface area contributed by atoms with Crippen molar-refractivity contribution in [2.24, 2.45) is 0 Å². The summed E-state index contributed by atoms with van der Waals surface area (Å²) >= 11 is 0. The van der Waals surface area contributed by atoms with Gasteiger partial charge in [-0.25, -0.2) is 13.8 Å². The van der Waals surface area contributed by atoms with Crippen LogP contribution in [0, 0.1) is 23.0 Å². The first-order valence-electron chi connectivity index (χ1n) is 10.4. The fourth-order valence-corrected chi connectivity index (χ4v) is 3.75. The molecule has 34 heavy (non-hydrogen) atoms. The summed E-state index contributed by atoms with van der Waals surface area (Å²) in [6.07, 6.45) is 0. The number of anilines is 1. The highest BCUT2D eigenvalue weighted by Gasteiger charge is 2.19. The molecule has 0 bridgehead atoms. The van der Waals surface area contributed by atoms with Crippen molar-refractivity contribution in [3.8, 4) is 34.2 Å². The molecule has 0 aliphatic carbocycles. The maximum absolute atomic E-state index is 15.3. The van der Waals surface area contributed by atoms with Crippen molar-refractivity contribution >= 4 is 22.6 Å². The smallest absolute Gasteiger partial charge is 0.322 e. The Kier molecular flexibility index (Phi) is 6.37. The molecule has 0 aliphatic heterocycles. The Morgan fingerprint density at radius 3 is 2.62 bits per heavy atom. The molecule has 0 atom stereocenters. The highest BCUT2D eigenvalue weighted by molar-refractivity contribution is 5.99. The third-order valence-corrected chi connectivity index (χ3v) is 5.19. The van der Waals surface area contributed by atoms with E-state index < -0.39 is 24.1 Å². The molecule has 0 saturated carbocycles. The van der Waals surface area contributed by atoms with Gasteiger partial charge in [-0.05, 0) is 37.3 Å². The number of pyridine rings is 1. The fraction of sp³-hybridized carbons (Fsp3) is 0.115. The number of aliphatic carboxylic acids is 1. The number of ether oxygens (including phenoxy) is 1. The van der Waals surface area contributed by atoms with E-state index in [1.165, 1.54) is 24.3 Å². The van der Waals surface area contributed by atoms with Gasteiger partial charge >= 0.3 is 5.97 Å². The number of nitriles is 1. The lowest BCUT2D eigenvalue weighted by Gasteiger charge is -2.15. The molecular weight excluding hydrogens is 440 g/mol. The zero-order valence-corrected chi connectivity index (χ0v) is 18.1. The Bertz CT molecular complexity index is 1450. The Balaban J connectivity index is 1.89. The molecule has 0 unspecified atom stereocenters. The first-order valence-corrected chi connectivity index (χ1v) is 10.4. The molecule has 170 valence electrons. The second-order valence-electron chi connectivity index (χ2n) is 7.35. The van der Waals surface area contributed by atoms with Gasteiger partial charge in [0.15, 0.2) is 0 Å². The molecule has 0 amide bonds. The summed E-state index contributed by atoms with van der Waals surface area (Å²) in [5.41, 5.74) is 1.80. The minimum Gasteiger partial charge on any atom is -0.493 e. The molecule has 0 radical (unpaired) electrons. The Labute approximate surface area is 194 Å². The van der Waals surface area contributed by atoms with Gasteiger partial charge in [-0.15, -0.1) is 0 Å². The summed E-state index contributed by atoms with van der Waals surface area (Å²) in [6, 6.07) is 17.4. The van der Waals surface area contributed by atoms with Crippen LogP contribution in [0.25, 0.3) is 33.3 Å². The quantitative estimate of drug-likeness (QED) is 0.373.